The minimum Gasteiger partial charge on any atom is -0.378 e. The average molecular weight is 307 g/mol. The highest BCUT2D eigenvalue weighted by Crippen LogP contribution is 2.14. The van der Waals surface area contributed by atoms with Crippen LogP contribution in [0.5, 0.6) is 0 Å². The van der Waals surface area contributed by atoms with Gasteiger partial charge in [-0.15, -0.1) is 0 Å². The summed E-state index contributed by atoms with van der Waals surface area (Å²) in [5, 5.41) is 8.53. The Balaban J connectivity index is 2.06. The third-order valence-electron chi connectivity index (χ3n) is 3.59. The lowest BCUT2D eigenvalue weighted by atomic mass is 10.1. The first-order valence-corrected chi connectivity index (χ1v) is 7.63. The molecule has 0 aliphatic heterocycles. The van der Waals surface area contributed by atoms with Crippen LogP contribution in [0.2, 0.25) is 0 Å². The smallest absolute Gasteiger partial charge is 0.251 e. The maximum absolute atomic E-state index is 12.0. The van der Waals surface area contributed by atoms with E-state index >= 15 is 0 Å². The van der Waals surface area contributed by atoms with Gasteiger partial charge in [-0.3, -0.25) is 4.79 Å². The highest BCUT2D eigenvalue weighted by atomic mass is 16.1. The molecular formula is C19H21N3O. The number of rotatable bonds is 6. The lowest BCUT2D eigenvalue weighted by molar-refractivity contribution is 0.631. The van der Waals surface area contributed by atoms with Crippen molar-refractivity contribution in [2.75, 3.05) is 19.0 Å². The highest BCUT2D eigenvalue weighted by Gasteiger charge is 1.97. The molecule has 0 amide bonds. The maximum atomic E-state index is 12.0. The number of hydrogen-bond donors (Lipinski definition) is 0. The van der Waals surface area contributed by atoms with Gasteiger partial charge in [0.05, 0.1) is 6.07 Å². The van der Waals surface area contributed by atoms with Crippen molar-refractivity contribution in [3.63, 3.8) is 0 Å². The van der Waals surface area contributed by atoms with Crippen molar-refractivity contribution in [3.8, 4) is 6.07 Å². The average Bonchev–Trinajstić information content (AvgIpc) is 2.55. The van der Waals surface area contributed by atoms with Crippen LogP contribution in [-0.2, 0) is 6.54 Å². The van der Waals surface area contributed by atoms with Gasteiger partial charge in [0, 0.05) is 45.0 Å². The molecule has 0 fully saturated rings. The van der Waals surface area contributed by atoms with Crippen LogP contribution in [0.15, 0.2) is 47.4 Å². The van der Waals surface area contributed by atoms with Crippen LogP contribution in [-0.4, -0.2) is 18.7 Å². The summed E-state index contributed by atoms with van der Waals surface area (Å²) in [6.45, 7) is 0.586. The van der Waals surface area contributed by atoms with Crippen LogP contribution in [0, 0.1) is 11.3 Å². The Kier molecular flexibility index (Phi) is 5.76. The van der Waals surface area contributed by atoms with Gasteiger partial charge in [-0.25, -0.2) is 0 Å². The van der Waals surface area contributed by atoms with Gasteiger partial charge in [0.2, 0.25) is 0 Å². The molecule has 4 nitrogen and oxygen atoms in total. The topological polar surface area (TPSA) is 49.0 Å². The van der Waals surface area contributed by atoms with Crippen LogP contribution in [0.4, 0.5) is 5.69 Å². The van der Waals surface area contributed by atoms with E-state index in [4.69, 9.17) is 5.26 Å². The van der Waals surface area contributed by atoms with E-state index in [0.29, 0.717) is 19.4 Å². The Labute approximate surface area is 136 Å². The predicted octanol–water partition coefficient (Wildman–Crippen LogP) is 3.39. The summed E-state index contributed by atoms with van der Waals surface area (Å²) in [6, 6.07) is 13.9. The second-order valence-corrected chi connectivity index (χ2v) is 5.57. The zero-order chi connectivity index (χ0) is 16.7. The van der Waals surface area contributed by atoms with Crippen LogP contribution < -0.4 is 10.5 Å². The van der Waals surface area contributed by atoms with Crippen LogP contribution >= 0.6 is 0 Å². The summed E-state index contributed by atoms with van der Waals surface area (Å²) >= 11 is 0. The fraction of sp³-hybridized carbons (Fsp3) is 0.263. The van der Waals surface area contributed by atoms with Gasteiger partial charge in [0.1, 0.15) is 0 Å². The number of pyridine rings is 1. The molecule has 0 N–H and O–H groups in total. The molecular weight excluding hydrogens is 286 g/mol. The Hall–Kier alpha value is -2.80. The van der Waals surface area contributed by atoms with E-state index in [0.717, 1.165) is 16.8 Å². The molecule has 4 heteroatoms. The lowest BCUT2D eigenvalue weighted by Gasteiger charge is -2.11. The first kappa shape index (κ1) is 16.6. The summed E-state index contributed by atoms with van der Waals surface area (Å²) in [6.07, 6.45) is 6.88. The molecule has 0 radical (unpaired) electrons. The van der Waals surface area contributed by atoms with Gasteiger partial charge < -0.3 is 9.47 Å². The maximum Gasteiger partial charge on any atom is 0.251 e. The largest absolute Gasteiger partial charge is 0.378 e. The van der Waals surface area contributed by atoms with Crippen molar-refractivity contribution in [2.24, 2.45) is 0 Å². The number of anilines is 1. The summed E-state index contributed by atoms with van der Waals surface area (Å²) < 4.78 is 1.64. The van der Waals surface area contributed by atoms with E-state index in [-0.39, 0.29) is 5.56 Å². The fourth-order valence-corrected chi connectivity index (χ4v) is 2.22. The van der Waals surface area contributed by atoms with Crippen LogP contribution in [0.3, 0.4) is 0 Å². The van der Waals surface area contributed by atoms with Crippen molar-refractivity contribution in [1.29, 1.82) is 5.26 Å². The minimum atomic E-state index is -0.0342. The van der Waals surface area contributed by atoms with Gasteiger partial charge in [0.25, 0.3) is 5.56 Å². The molecule has 1 aromatic carbocycles. The molecule has 1 aromatic heterocycles. The Morgan fingerprint density at radius 2 is 1.83 bits per heavy atom. The third kappa shape index (κ3) is 4.86. The van der Waals surface area contributed by atoms with E-state index in [9.17, 15) is 4.79 Å². The second kappa shape index (κ2) is 8.00. The number of hydrogen-bond acceptors (Lipinski definition) is 3. The summed E-state index contributed by atoms with van der Waals surface area (Å²) in [4.78, 5) is 14.1. The predicted molar refractivity (Wildman–Crippen MR) is 95.2 cm³/mol. The molecule has 0 aliphatic carbocycles. The molecule has 23 heavy (non-hydrogen) atoms. The molecule has 0 atom stereocenters. The first-order valence-electron chi connectivity index (χ1n) is 7.63. The van der Waals surface area contributed by atoms with Crippen molar-refractivity contribution in [2.45, 2.75) is 19.4 Å². The molecule has 1 heterocycles. The molecule has 0 saturated carbocycles. The van der Waals surface area contributed by atoms with Crippen molar-refractivity contribution in [1.82, 2.24) is 4.57 Å². The Bertz CT molecular complexity index is 764. The van der Waals surface area contributed by atoms with Gasteiger partial charge in [-0.1, -0.05) is 24.3 Å². The van der Waals surface area contributed by atoms with E-state index in [1.165, 1.54) is 0 Å². The molecule has 0 spiro atoms. The Morgan fingerprint density at radius 1 is 1.13 bits per heavy atom. The molecule has 0 unspecified atom stereocenters. The normalized spacial score (nSPS) is 10.7. The van der Waals surface area contributed by atoms with Gasteiger partial charge in [-0.05, 0) is 35.7 Å². The highest BCUT2D eigenvalue weighted by molar-refractivity contribution is 5.70. The number of nitriles is 1. The van der Waals surface area contributed by atoms with E-state index < -0.39 is 0 Å². The van der Waals surface area contributed by atoms with Crippen molar-refractivity contribution < 1.29 is 0 Å². The zero-order valence-electron chi connectivity index (χ0n) is 13.6. The third-order valence-corrected chi connectivity index (χ3v) is 3.59. The van der Waals surface area contributed by atoms with Crippen molar-refractivity contribution >= 4 is 17.8 Å². The van der Waals surface area contributed by atoms with E-state index in [2.05, 4.69) is 35.2 Å². The SMILES string of the molecule is CN(C)c1ccc(/C=C/c2ccn(CCCC#N)c(=O)c2)cc1. The zero-order valence-corrected chi connectivity index (χ0v) is 13.6. The van der Waals surface area contributed by atoms with E-state index in [1.807, 2.05) is 32.3 Å². The number of aromatic nitrogens is 1. The van der Waals surface area contributed by atoms with E-state index in [1.54, 1.807) is 16.8 Å². The summed E-state index contributed by atoms with van der Waals surface area (Å²) in [5.41, 5.74) is 3.09. The minimum absolute atomic E-state index is 0.0342. The first-order chi connectivity index (χ1) is 11.1. The van der Waals surface area contributed by atoms with Crippen LogP contribution in [0.1, 0.15) is 24.0 Å². The monoisotopic (exact) mass is 307 g/mol. The van der Waals surface area contributed by atoms with Gasteiger partial charge >= 0.3 is 0 Å². The molecule has 0 saturated heterocycles. The molecule has 2 aromatic rings. The quantitative estimate of drug-likeness (QED) is 0.769. The van der Waals surface area contributed by atoms with Crippen LogP contribution in [0.25, 0.3) is 12.2 Å². The summed E-state index contributed by atoms with van der Waals surface area (Å²) in [7, 11) is 4.02. The molecule has 2 rings (SSSR count). The molecule has 0 aliphatic rings. The summed E-state index contributed by atoms with van der Waals surface area (Å²) in [5.74, 6) is 0. The lowest BCUT2D eigenvalue weighted by Crippen LogP contribution is -2.18. The molecule has 0 bridgehead atoms. The Morgan fingerprint density at radius 3 is 2.43 bits per heavy atom. The standard InChI is InChI=1S/C19H21N3O/c1-21(2)18-9-7-16(8-10-18)5-6-17-11-14-22(19(23)15-17)13-4-3-12-20/h5-11,14-15H,3-4,13H2,1-2H3/b6-5+. The number of unbranched alkanes of at least 4 members (excludes halogenated alkanes) is 1. The molecule has 118 valence electrons. The van der Waals surface area contributed by atoms with Gasteiger partial charge in [-0.2, -0.15) is 5.26 Å². The van der Waals surface area contributed by atoms with Crippen molar-refractivity contribution in [3.05, 3.63) is 64.1 Å². The number of nitrogens with zero attached hydrogens (tertiary/aromatic N) is 3. The van der Waals surface area contributed by atoms with Gasteiger partial charge in [0.15, 0.2) is 0 Å². The number of benzene rings is 1. The fourth-order valence-electron chi connectivity index (χ4n) is 2.22. The number of aryl methyl sites for hydroxylation is 1. The second-order valence-electron chi connectivity index (χ2n) is 5.57.